The summed E-state index contributed by atoms with van der Waals surface area (Å²) in [4.78, 5) is 44.4. The highest BCUT2D eigenvalue weighted by Crippen LogP contribution is 2.22. The summed E-state index contributed by atoms with van der Waals surface area (Å²) in [6, 6.07) is 6.34. The third-order valence-electron chi connectivity index (χ3n) is 3.18. The molecule has 22 heavy (non-hydrogen) atoms. The molecule has 1 aromatic heterocycles. The molecule has 2 heterocycles. The number of amides is 2. The number of hydrogen-bond donors (Lipinski definition) is 0. The van der Waals surface area contributed by atoms with Gasteiger partial charge in [-0.2, -0.15) is 5.10 Å². The molecule has 0 radical (unpaired) electrons. The van der Waals surface area contributed by atoms with Crippen molar-refractivity contribution in [2.24, 2.45) is 0 Å². The van der Waals surface area contributed by atoms with E-state index < -0.39 is 17.8 Å². The standard InChI is InChI=1S/C14H12N4O4/c19-12(6-3-7-17-9-15-8-16-17)22-18-13(20)10-4-1-2-5-11(10)14(18)21/h1-2,4-5,8-9H,3,6-7H2. The first-order chi connectivity index (χ1) is 10.7. The fraction of sp³-hybridized carbons (Fsp3) is 0.214. The Hall–Kier alpha value is -3.03. The van der Waals surface area contributed by atoms with E-state index in [9.17, 15) is 14.4 Å². The molecule has 0 N–H and O–H groups in total. The lowest BCUT2D eigenvalue weighted by molar-refractivity contribution is -0.168. The van der Waals surface area contributed by atoms with Crippen molar-refractivity contribution in [3.05, 3.63) is 48.0 Å². The minimum absolute atomic E-state index is 0.0628. The van der Waals surface area contributed by atoms with Gasteiger partial charge in [0.15, 0.2) is 0 Å². The minimum atomic E-state index is -0.644. The first-order valence-corrected chi connectivity index (χ1v) is 6.68. The van der Waals surface area contributed by atoms with Crippen LogP contribution in [0.15, 0.2) is 36.9 Å². The maximum Gasteiger partial charge on any atom is 0.333 e. The van der Waals surface area contributed by atoms with E-state index in [2.05, 4.69) is 10.1 Å². The number of nitrogens with zero attached hydrogens (tertiary/aromatic N) is 4. The lowest BCUT2D eigenvalue weighted by Crippen LogP contribution is -2.32. The molecule has 1 aliphatic heterocycles. The van der Waals surface area contributed by atoms with Gasteiger partial charge >= 0.3 is 5.97 Å². The summed E-state index contributed by atoms with van der Waals surface area (Å²) in [6.45, 7) is 0.497. The van der Waals surface area contributed by atoms with Gasteiger partial charge in [-0.25, -0.2) is 9.78 Å². The minimum Gasteiger partial charge on any atom is -0.330 e. The summed E-state index contributed by atoms with van der Waals surface area (Å²) in [5, 5.41) is 4.42. The Morgan fingerprint density at radius 2 is 1.82 bits per heavy atom. The SMILES string of the molecule is O=C(CCCn1cncn1)ON1C(=O)c2ccccc2C1=O. The monoisotopic (exact) mass is 300 g/mol. The number of aromatic nitrogens is 3. The van der Waals surface area contributed by atoms with Crippen LogP contribution in [0, 0.1) is 0 Å². The van der Waals surface area contributed by atoms with Crippen molar-refractivity contribution in [3.63, 3.8) is 0 Å². The molecule has 0 fully saturated rings. The van der Waals surface area contributed by atoms with Crippen LogP contribution in [0.5, 0.6) is 0 Å². The van der Waals surface area contributed by atoms with Gasteiger partial charge in [-0.15, -0.1) is 0 Å². The predicted molar refractivity (Wildman–Crippen MR) is 72.3 cm³/mol. The van der Waals surface area contributed by atoms with Gasteiger partial charge in [-0.1, -0.05) is 17.2 Å². The van der Waals surface area contributed by atoms with Crippen molar-refractivity contribution in [2.75, 3.05) is 0 Å². The van der Waals surface area contributed by atoms with Crippen LogP contribution in [-0.2, 0) is 16.2 Å². The van der Waals surface area contributed by atoms with Gasteiger partial charge in [-0.05, 0) is 18.6 Å². The lowest BCUT2D eigenvalue weighted by Gasteiger charge is -2.12. The molecular formula is C14H12N4O4. The predicted octanol–water partition coefficient (Wildman–Crippen LogP) is 0.813. The molecule has 0 bridgehead atoms. The maximum absolute atomic E-state index is 12.0. The Kier molecular flexibility index (Phi) is 3.65. The average Bonchev–Trinajstić information content (AvgIpc) is 3.11. The Morgan fingerprint density at radius 1 is 1.14 bits per heavy atom. The molecule has 8 nitrogen and oxygen atoms in total. The average molecular weight is 300 g/mol. The second-order valence-corrected chi connectivity index (χ2v) is 4.68. The van der Waals surface area contributed by atoms with Crippen LogP contribution >= 0.6 is 0 Å². The van der Waals surface area contributed by atoms with E-state index in [1.807, 2.05) is 0 Å². The zero-order chi connectivity index (χ0) is 15.5. The second-order valence-electron chi connectivity index (χ2n) is 4.68. The largest absolute Gasteiger partial charge is 0.333 e. The van der Waals surface area contributed by atoms with Crippen molar-refractivity contribution < 1.29 is 19.2 Å². The van der Waals surface area contributed by atoms with Gasteiger partial charge in [0.2, 0.25) is 0 Å². The van der Waals surface area contributed by atoms with E-state index in [0.717, 1.165) is 0 Å². The highest BCUT2D eigenvalue weighted by molar-refractivity contribution is 6.20. The summed E-state index contributed by atoms with van der Waals surface area (Å²) in [6.07, 6.45) is 3.46. The van der Waals surface area contributed by atoms with Crippen LogP contribution < -0.4 is 0 Å². The first-order valence-electron chi connectivity index (χ1n) is 6.68. The van der Waals surface area contributed by atoms with Crippen molar-refractivity contribution in [2.45, 2.75) is 19.4 Å². The van der Waals surface area contributed by atoms with Gasteiger partial charge in [0.25, 0.3) is 11.8 Å². The zero-order valence-corrected chi connectivity index (χ0v) is 11.5. The molecule has 1 aromatic carbocycles. The van der Waals surface area contributed by atoms with E-state index in [1.165, 1.54) is 24.8 Å². The molecule has 112 valence electrons. The molecule has 8 heteroatoms. The van der Waals surface area contributed by atoms with E-state index >= 15 is 0 Å². The van der Waals surface area contributed by atoms with E-state index in [4.69, 9.17) is 4.84 Å². The van der Waals surface area contributed by atoms with E-state index in [0.29, 0.717) is 18.0 Å². The van der Waals surface area contributed by atoms with Crippen LogP contribution in [0.1, 0.15) is 33.6 Å². The molecule has 3 rings (SSSR count). The highest BCUT2D eigenvalue weighted by Gasteiger charge is 2.38. The second kappa shape index (κ2) is 5.76. The molecule has 2 aromatic rings. The van der Waals surface area contributed by atoms with Crippen molar-refractivity contribution in [1.29, 1.82) is 0 Å². The summed E-state index contributed by atoms with van der Waals surface area (Å²) in [5.41, 5.74) is 0.478. The molecule has 1 aliphatic rings. The summed E-state index contributed by atoms with van der Waals surface area (Å²) in [7, 11) is 0. The summed E-state index contributed by atoms with van der Waals surface area (Å²) < 4.78 is 1.58. The molecule has 0 aliphatic carbocycles. The van der Waals surface area contributed by atoms with Crippen molar-refractivity contribution >= 4 is 17.8 Å². The smallest absolute Gasteiger partial charge is 0.330 e. The third-order valence-corrected chi connectivity index (χ3v) is 3.18. The number of aryl methyl sites for hydroxylation is 1. The van der Waals surface area contributed by atoms with Gasteiger partial charge in [0.05, 0.1) is 11.1 Å². The molecule has 0 atom stereocenters. The van der Waals surface area contributed by atoms with Crippen LogP contribution in [0.2, 0.25) is 0 Å². The number of carbonyl (C=O) groups excluding carboxylic acids is 3. The number of rotatable bonds is 5. The highest BCUT2D eigenvalue weighted by atomic mass is 16.7. The fourth-order valence-corrected chi connectivity index (χ4v) is 2.13. The quantitative estimate of drug-likeness (QED) is 0.758. The molecule has 0 saturated heterocycles. The Labute approximate surface area is 125 Å². The third kappa shape index (κ3) is 2.58. The van der Waals surface area contributed by atoms with Crippen molar-refractivity contribution in [3.8, 4) is 0 Å². The molecule has 0 saturated carbocycles. The topological polar surface area (TPSA) is 94.4 Å². The fourth-order valence-electron chi connectivity index (χ4n) is 2.13. The number of fused-ring (bicyclic) bond motifs is 1. The summed E-state index contributed by atoms with van der Waals surface area (Å²) >= 11 is 0. The normalized spacial score (nSPS) is 13.4. The number of benzene rings is 1. The van der Waals surface area contributed by atoms with Crippen LogP contribution in [0.3, 0.4) is 0 Å². The van der Waals surface area contributed by atoms with E-state index in [1.54, 1.807) is 16.8 Å². The first kappa shape index (κ1) is 13.9. The molecule has 2 amide bonds. The van der Waals surface area contributed by atoms with Gasteiger partial charge in [-0.3, -0.25) is 14.3 Å². The van der Waals surface area contributed by atoms with Gasteiger partial charge in [0, 0.05) is 13.0 Å². The zero-order valence-electron chi connectivity index (χ0n) is 11.5. The van der Waals surface area contributed by atoms with Gasteiger partial charge in [0.1, 0.15) is 12.7 Å². The maximum atomic E-state index is 12.0. The Bertz CT molecular complexity index is 691. The van der Waals surface area contributed by atoms with Crippen LogP contribution in [0.4, 0.5) is 0 Å². The van der Waals surface area contributed by atoms with Gasteiger partial charge < -0.3 is 4.84 Å². The number of carbonyl (C=O) groups is 3. The Morgan fingerprint density at radius 3 is 2.41 bits per heavy atom. The van der Waals surface area contributed by atoms with Crippen LogP contribution in [-0.4, -0.2) is 37.6 Å². The van der Waals surface area contributed by atoms with Crippen LogP contribution in [0.25, 0.3) is 0 Å². The lowest BCUT2D eigenvalue weighted by atomic mass is 10.1. The summed E-state index contributed by atoms with van der Waals surface area (Å²) in [5.74, 6) is -1.88. The number of hydrogen-bond acceptors (Lipinski definition) is 6. The molecule has 0 spiro atoms. The van der Waals surface area contributed by atoms with E-state index in [-0.39, 0.29) is 17.5 Å². The van der Waals surface area contributed by atoms with Crippen molar-refractivity contribution in [1.82, 2.24) is 19.8 Å². The number of imide groups is 1. The Balaban J connectivity index is 1.56. The molecule has 0 unspecified atom stereocenters. The number of hydroxylamine groups is 2. The molecular weight excluding hydrogens is 288 g/mol.